The van der Waals surface area contributed by atoms with Crippen LogP contribution in [0.4, 0.5) is 0 Å². The summed E-state index contributed by atoms with van der Waals surface area (Å²) in [6.45, 7) is 1.88. The number of fused-ring (bicyclic) bond motifs is 1. The molecule has 1 aromatic carbocycles. The van der Waals surface area contributed by atoms with Crippen LogP contribution in [0, 0.1) is 6.92 Å². The van der Waals surface area contributed by atoms with E-state index in [9.17, 15) is 4.79 Å². The Morgan fingerprint density at radius 1 is 1.17 bits per heavy atom. The SMILES string of the molecule is Cc1cc(C(N)c2ccc3[nH]c(=O)[nH]c3c2)co1. The molecular formula is C13H13N3O2. The molecule has 0 saturated heterocycles. The van der Waals surface area contributed by atoms with Gasteiger partial charge >= 0.3 is 5.69 Å². The van der Waals surface area contributed by atoms with Gasteiger partial charge in [-0.15, -0.1) is 0 Å². The Kier molecular flexibility index (Phi) is 2.34. The summed E-state index contributed by atoms with van der Waals surface area (Å²) in [6.07, 6.45) is 1.66. The van der Waals surface area contributed by atoms with Gasteiger partial charge in [0.05, 0.1) is 23.3 Å². The van der Waals surface area contributed by atoms with Crippen molar-refractivity contribution >= 4 is 11.0 Å². The summed E-state index contributed by atoms with van der Waals surface area (Å²) in [5.74, 6) is 0.830. The van der Waals surface area contributed by atoms with E-state index in [0.717, 1.165) is 27.9 Å². The summed E-state index contributed by atoms with van der Waals surface area (Å²) in [7, 11) is 0. The normalized spacial score (nSPS) is 13.0. The van der Waals surface area contributed by atoms with Crippen LogP contribution in [0.2, 0.25) is 0 Å². The van der Waals surface area contributed by atoms with Crippen molar-refractivity contribution in [2.75, 3.05) is 0 Å². The Hall–Kier alpha value is -2.27. The first-order chi connectivity index (χ1) is 8.63. The largest absolute Gasteiger partial charge is 0.469 e. The monoisotopic (exact) mass is 243 g/mol. The lowest BCUT2D eigenvalue weighted by atomic mass is 10.0. The van der Waals surface area contributed by atoms with Crippen molar-refractivity contribution in [3.05, 3.63) is 57.9 Å². The van der Waals surface area contributed by atoms with Gasteiger partial charge in [-0.3, -0.25) is 0 Å². The molecule has 2 heterocycles. The Morgan fingerprint density at radius 3 is 2.67 bits per heavy atom. The van der Waals surface area contributed by atoms with Crippen LogP contribution in [-0.4, -0.2) is 9.97 Å². The van der Waals surface area contributed by atoms with Crippen molar-refractivity contribution in [3.63, 3.8) is 0 Å². The molecule has 0 bridgehead atoms. The third kappa shape index (κ3) is 1.74. The van der Waals surface area contributed by atoms with Crippen LogP contribution in [0.1, 0.15) is 22.9 Å². The van der Waals surface area contributed by atoms with Crippen LogP contribution in [0.5, 0.6) is 0 Å². The van der Waals surface area contributed by atoms with E-state index in [1.165, 1.54) is 0 Å². The van der Waals surface area contributed by atoms with Crippen LogP contribution in [0.25, 0.3) is 11.0 Å². The molecule has 0 aliphatic rings. The molecule has 3 aromatic rings. The third-order valence-electron chi connectivity index (χ3n) is 3.01. The first kappa shape index (κ1) is 10.9. The maximum absolute atomic E-state index is 11.2. The van der Waals surface area contributed by atoms with E-state index in [1.54, 1.807) is 6.26 Å². The lowest BCUT2D eigenvalue weighted by Crippen LogP contribution is -2.10. The second-order valence-electron chi connectivity index (χ2n) is 4.35. The van der Waals surface area contributed by atoms with Crippen LogP contribution < -0.4 is 11.4 Å². The number of hydrogen-bond donors (Lipinski definition) is 3. The van der Waals surface area contributed by atoms with E-state index in [-0.39, 0.29) is 11.7 Å². The Labute approximate surface area is 103 Å². The van der Waals surface area contributed by atoms with E-state index in [0.29, 0.717) is 0 Å². The Morgan fingerprint density at radius 2 is 1.94 bits per heavy atom. The predicted octanol–water partition coefficient (Wildman–Crippen LogP) is 1.81. The standard InChI is InChI=1S/C13H13N3O2/c1-7-4-9(6-18-7)12(14)8-2-3-10-11(5-8)16-13(17)15-10/h2-6,12H,14H2,1H3,(H2,15,16,17). The summed E-state index contributed by atoms with van der Waals surface area (Å²) < 4.78 is 5.25. The zero-order valence-electron chi connectivity index (χ0n) is 9.86. The summed E-state index contributed by atoms with van der Waals surface area (Å²) in [4.78, 5) is 16.6. The predicted molar refractivity (Wildman–Crippen MR) is 68.4 cm³/mol. The molecule has 1 unspecified atom stereocenters. The van der Waals surface area contributed by atoms with Gasteiger partial charge in [-0.1, -0.05) is 6.07 Å². The highest BCUT2D eigenvalue weighted by atomic mass is 16.3. The minimum atomic E-state index is -0.259. The van der Waals surface area contributed by atoms with Crippen LogP contribution >= 0.6 is 0 Å². The molecule has 3 rings (SSSR count). The quantitative estimate of drug-likeness (QED) is 0.641. The smallest absolute Gasteiger partial charge is 0.323 e. The Bertz CT molecular complexity index is 751. The van der Waals surface area contributed by atoms with Gasteiger partial charge in [0.25, 0.3) is 0 Å². The van der Waals surface area contributed by atoms with E-state index in [2.05, 4.69) is 9.97 Å². The molecule has 0 spiro atoms. The molecular weight excluding hydrogens is 230 g/mol. The highest BCUT2D eigenvalue weighted by molar-refractivity contribution is 5.75. The Balaban J connectivity index is 2.05. The molecule has 5 heteroatoms. The summed E-state index contributed by atoms with van der Waals surface area (Å²) >= 11 is 0. The summed E-state index contributed by atoms with van der Waals surface area (Å²) in [5, 5.41) is 0. The molecule has 18 heavy (non-hydrogen) atoms. The number of rotatable bonds is 2. The fourth-order valence-corrected chi connectivity index (χ4v) is 2.06. The molecule has 0 saturated carbocycles. The molecule has 0 amide bonds. The van der Waals surface area contributed by atoms with Gasteiger partial charge in [-0.2, -0.15) is 0 Å². The molecule has 1 atom stereocenters. The lowest BCUT2D eigenvalue weighted by molar-refractivity contribution is 0.530. The number of aromatic amines is 2. The second kappa shape index (κ2) is 3.89. The van der Waals surface area contributed by atoms with E-state index < -0.39 is 0 Å². The number of hydrogen-bond acceptors (Lipinski definition) is 3. The molecule has 0 fully saturated rings. The van der Waals surface area contributed by atoms with E-state index in [4.69, 9.17) is 10.2 Å². The first-order valence-corrected chi connectivity index (χ1v) is 5.66. The number of benzene rings is 1. The van der Waals surface area contributed by atoms with Crippen molar-refractivity contribution in [1.29, 1.82) is 0 Å². The van der Waals surface area contributed by atoms with Crippen molar-refractivity contribution in [2.24, 2.45) is 5.73 Å². The second-order valence-corrected chi connectivity index (χ2v) is 4.35. The fourth-order valence-electron chi connectivity index (χ4n) is 2.06. The maximum Gasteiger partial charge on any atom is 0.323 e. The van der Waals surface area contributed by atoms with Crippen LogP contribution in [0.15, 0.2) is 39.7 Å². The number of aryl methyl sites for hydroxylation is 1. The molecule has 92 valence electrons. The molecule has 0 aliphatic carbocycles. The molecule has 4 N–H and O–H groups in total. The maximum atomic E-state index is 11.2. The number of furan rings is 1. The zero-order valence-corrected chi connectivity index (χ0v) is 9.86. The number of H-pyrrole nitrogens is 2. The van der Waals surface area contributed by atoms with Gasteiger partial charge in [-0.05, 0) is 30.7 Å². The average molecular weight is 243 g/mol. The molecule has 0 aliphatic heterocycles. The van der Waals surface area contributed by atoms with Gasteiger partial charge in [0.2, 0.25) is 0 Å². The first-order valence-electron chi connectivity index (χ1n) is 5.66. The molecule has 2 aromatic heterocycles. The minimum Gasteiger partial charge on any atom is -0.469 e. The number of imidazole rings is 1. The van der Waals surface area contributed by atoms with Crippen molar-refractivity contribution in [2.45, 2.75) is 13.0 Å². The molecule has 5 nitrogen and oxygen atoms in total. The zero-order chi connectivity index (χ0) is 12.7. The van der Waals surface area contributed by atoms with Gasteiger partial charge in [0.15, 0.2) is 0 Å². The average Bonchev–Trinajstić information content (AvgIpc) is 2.92. The highest BCUT2D eigenvalue weighted by Gasteiger charge is 2.12. The van der Waals surface area contributed by atoms with E-state index >= 15 is 0 Å². The summed E-state index contributed by atoms with van der Waals surface area (Å²) in [5.41, 5.74) is 9.34. The lowest BCUT2D eigenvalue weighted by Gasteiger charge is -2.09. The summed E-state index contributed by atoms with van der Waals surface area (Å²) in [6, 6.07) is 7.27. The highest BCUT2D eigenvalue weighted by Crippen LogP contribution is 2.23. The molecule has 0 radical (unpaired) electrons. The van der Waals surface area contributed by atoms with Gasteiger partial charge < -0.3 is 20.1 Å². The number of aromatic nitrogens is 2. The van der Waals surface area contributed by atoms with Gasteiger partial charge in [-0.25, -0.2) is 4.79 Å². The van der Waals surface area contributed by atoms with Crippen LogP contribution in [0.3, 0.4) is 0 Å². The van der Waals surface area contributed by atoms with Gasteiger partial charge in [0, 0.05) is 5.56 Å². The minimum absolute atomic E-state index is 0.213. The fraction of sp³-hybridized carbons (Fsp3) is 0.154. The number of nitrogens with two attached hydrogens (primary N) is 1. The van der Waals surface area contributed by atoms with Crippen molar-refractivity contribution < 1.29 is 4.42 Å². The van der Waals surface area contributed by atoms with Gasteiger partial charge in [0.1, 0.15) is 5.76 Å². The number of nitrogens with one attached hydrogen (secondary N) is 2. The van der Waals surface area contributed by atoms with E-state index in [1.807, 2.05) is 31.2 Å². The topological polar surface area (TPSA) is 87.8 Å². The van der Waals surface area contributed by atoms with Crippen molar-refractivity contribution in [3.8, 4) is 0 Å². The third-order valence-corrected chi connectivity index (χ3v) is 3.01. The van der Waals surface area contributed by atoms with Crippen LogP contribution in [-0.2, 0) is 0 Å². The van der Waals surface area contributed by atoms with Crippen molar-refractivity contribution in [1.82, 2.24) is 9.97 Å².